The average Bonchev–Trinajstić information content (AvgIpc) is 2.93. The van der Waals surface area contributed by atoms with Crippen molar-refractivity contribution in [3.05, 3.63) is 12.0 Å². The van der Waals surface area contributed by atoms with Gasteiger partial charge in [-0.2, -0.15) is 0 Å². The van der Waals surface area contributed by atoms with Crippen LogP contribution in [0.4, 0.5) is 0 Å². The Kier molecular flexibility index (Phi) is 3.38. The lowest BCUT2D eigenvalue weighted by atomic mass is 10.0. The molecule has 1 unspecified atom stereocenters. The highest BCUT2D eigenvalue weighted by atomic mass is 32.2. The van der Waals surface area contributed by atoms with Crippen LogP contribution in [0.3, 0.4) is 0 Å². The first-order chi connectivity index (χ1) is 9.38. The van der Waals surface area contributed by atoms with Crippen LogP contribution < -0.4 is 4.72 Å². The summed E-state index contributed by atoms with van der Waals surface area (Å²) in [7, 11) is -3.57. The van der Waals surface area contributed by atoms with Crippen molar-refractivity contribution in [2.45, 2.75) is 62.7 Å². The van der Waals surface area contributed by atoms with Crippen LogP contribution in [0.5, 0.6) is 0 Å². The summed E-state index contributed by atoms with van der Waals surface area (Å²) in [6.07, 6.45) is 5.36. The molecule has 0 radical (unpaired) electrons. The summed E-state index contributed by atoms with van der Waals surface area (Å²) in [6.45, 7) is 5.26. The molecule has 2 aliphatic rings. The first kappa shape index (κ1) is 14.0. The van der Waals surface area contributed by atoms with E-state index in [1.807, 2.05) is 18.4 Å². The van der Waals surface area contributed by atoms with E-state index in [1.165, 1.54) is 0 Å². The SMILES string of the molecule is CC1(C)OCCC1NS(=O)(=O)c1cn2c(n1)CCCC2. The van der Waals surface area contributed by atoms with Crippen molar-refractivity contribution >= 4 is 10.0 Å². The first-order valence-electron chi connectivity index (χ1n) is 7.11. The molecule has 3 heterocycles. The maximum atomic E-state index is 12.5. The molecule has 20 heavy (non-hydrogen) atoms. The predicted molar refractivity (Wildman–Crippen MR) is 73.9 cm³/mol. The third-order valence-electron chi connectivity index (χ3n) is 4.18. The van der Waals surface area contributed by atoms with Gasteiger partial charge in [0.15, 0.2) is 5.03 Å². The number of aryl methyl sites for hydroxylation is 2. The van der Waals surface area contributed by atoms with Gasteiger partial charge in [-0.25, -0.2) is 18.1 Å². The van der Waals surface area contributed by atoms with Crippen LogP contribution >= 0.6 is 0 Å². The Bertz CT molecular complexity index is 583. The zero-order valence-corrected chi connectivity index (χ0v) is 12.7. The minimum Gasteiger partial charge on any atom is -0.374 e. The number of nitrogens with one attached hydrogen (secondary N) is 1. The van der Waals surface area contributed by atoms with Gasteiger partial charge in [0.25, 0.3) is 10.0 Å². The fourth-order valence-corrected chi connectivity index (χ4v) is 4.24. The summed E-state index contributed by atoms with van der Waals surface area (Å²) < 4.78 is 35.2. The van der Waals surface area contributed by atoms with E-state index in [2.05, 4.69) is 9.71 Å². The second-order valence-electron chi connectivity index (χ2n) is 6.06. The van der Waals surface area contributed by atoms with Gasteiger partial charge >= 0.3 is 0 Å². The molecule has 7 heteroatoms. The van der Waals surface area contributed by atoms with Crippen molar-refractivity contribution in [3.63, 3.8) is 0 Å². The van der Waals surface area contributed by atoms with Crippen LogP contribution in [-0.4, -0.2) is 36.2 Å². The molecule has 0 spiro atoms. The minimum atomic E-state index is -3.57. The summed E-state index contributed by atoms with van der Waals surface area (Å²) in [4.78, 5) is 4.28. The molecule has 6 nitrogen and oxygen atoms in total. The highest BCUT2D eigenvalue weighted by molar-refractivity contribution is 7.89. The largest absolute Gasteiger partial charge is 0.374 e. The number of imidazole rings is 1. The van der Waals surface area contributed by atoms with Crippen molar-refractivity contribution < 1.29 is 13.2 Å². The predicted octanol–water partition coefficient (Wildman–Crippen LogP) is 1.07. The highest BCUT2D eigenvalue weighted by Crippen LogP contribution is 2.26. The van der Waals surface area contributed by atoms with Crippen molar-refractivity contribution in [1.82, 2.24) is 14.3 Å². The topological polar surface area (TPSA) is 73.2 Å². The normalized spacial score (nSPS) is 25.6. The average molecular weight is 299 g/mol. The third-order valence-corrected chi connectivity index (χ3v) is 5.52. The Labute approximate surface area is 119 Å². The summed E-state index contributed by atoms with van der Waals surface area (Å²) in [6, 6.07) is -0.203. The molecule has 0 aromatic carbocycles. The molecule has 0 saturated carbocycles. The summed E-state index contributed by atoms with van der Waals surface area (Å²) in [5.74, 6) is 0.874. The quantitative estimate of drug-likeness (QED) is 0.906. The number of nitrogens with zero attached hydrogens (tertiary/aromatic N) is 2. The van der Waals surface area contributed by atoms with Gasteiger partial charge < -0.3 is 9.30 Å². The van der Waals surface area contributed by atoms with E-state index in [0.29, 0.717) is 13.0 Å². The first-order valence-corrected chi connectivity index (χ1v) is 8.59. The van der Waals surface area contributed by atoms with Crippen LogP contribution in [0.1, 0.15) is 38.9 Å². The molecule has 3 rings (SSSR count). The van der Waals surface area contributed by atoms with Crippen molar-refractivity contribution in [2.24, 2.45) is 0 Å². The second kappa shape index (κ2) is 4.82. The van der Waals surface area contributed by atoms with Gasteiger partial charge in [0, 0.05) is 25.8 Å². The zero-order chi connectivity index (χ0) is 14.4. The highest BCUT2D eigenvalue weighted by Gasteiger charge is 2.39. The molecule has 0 aliphatic carbocycles. The van der Waals surface area contributed by atoms with Gasteiger partial charge in [0.05, 0.1) is 11.6 Å². The molecular formula is C13H21N3O3S. The molecule has 2 aliphatic heterocycles. The Morgan fingerprint density at radius 2 is 2.25 bits per heavy atom. The number of ether oxygens (including phenoxy) is 1. The number of fused-ring (bicyclic) bond motifs is 1. The number of rotatable bonds is 3. The molecule has 1 aromatic rings. The van der Waals surface area contributed by atoms with Gasteiger partial charge in [-0.1, -0.05) is 0 Å². The van der Waals surface area contributed by atoms with Crippen molar-refractivity contribution in [2.75, 3.05) is 6.61 Å². The van der Waals surface area contributed by atoms with Crippen molar-refractivity contribution in [1.29, 1.82) is 0 Å². The van der Waals surface area contributed by atoms with Crippen LogP contribution in [0.15, 0.2) is 11.2 Å². The van der Waals surface area contributed by atoms with Crippen LogP contribution in [0.25, 0.3) is 0 Å². The Morgan fingerprint density at radius 3 is 2.90 bits per heavy atom. The maximum absolute atomic E-state index is 12.5. The Balaban J connectivity index is 1.83. The molecule has 0 bridgehead atoms. The molecule has 1 fully saturated rings. The number of hydrogen-bond acceptors (Lipinski definition) is 4. The van der Waals surface area contributed by atoms with E-state index in [1.54, 1.807) is 6.20 Å². The lowest BCUT2D eigenvalue weighted by Gasteiger charge is -2.25. The third kappa shape index (κ3) is 2.49. The summed E-state index contributed by atoms with van der Waals surface area (Å²) in [5.41, 5.74) is -0.466. The molecule has 1 N–H and O–H groups in total. The van der Waals surface area contributed by atoms with Gasteiger partial charge in [0.2, 0.25) is 0 Å². The van der Waals surface area contributed by atoms with E-state index < -0.39 is 15.6 Å². The van der Waals surface area contributed by atoms with E-state index in [-0.39, 0.29) is 11.1 Å². The van der Waals surface area contributed by atoms with Gasteiger partial charge in [-0.3, -0.25) is 0 Å². The lowest BCUT2D eigenvalue weighted by molar-refractivity contribution is 0.0255. The summed E-state index contributed by atoms with van der Waals surface area (Å²) in [5, 5.41) is 0.136. The smallest absolute Gasteiger partial charge is 0.259 e. The van der Waals surface area contributed by atoms with Crippen LogP contribution in [-0.2, 0) is 27.7 Å². The molecule has 1 atom stereocenters. The molecule has 112 valence electrons. The van der Waals surface area contributed by atoms with Crippen LogP contribution in [0, 0.1) is 0 Å². The Hall–Kier alpha value is -0.920. The van der Waals surface area contributed by atoms with Gasteiger partial charge in [-0.05, 0) is 33.1 Å². The number of hydrogen-bond donors (Lipinski definition) is 1. The van der Waals surface area contributed by atoms with Crippen molar-refractivity contribution in [3.8, 4) is 0 Å². The van der Waals surface area contributed by atoms with E-state index in [0.717, 1.165) is 31.6 Å². The van der Waals surface area contributed by atoms with Gasteiger partial charge in [0.1, 0.15) is 5.82 Å². The Morgan fingerprint density at radius 1 is 1.45 bits per heavy atom. The van der Waals surface area contributed by atoms with E-state index in [4.69, 9.17) is 4.74 Å². The van der Waals surface area contributed by atoms with Crippen LogP contribution in [0.2, 0.25) is 0 Å². The number of aromatic nitrogens is 2. The fourth-order valence-electron chi connectivity index (χ4n) is 2.85. The molecule has 1 aromatic heterocycles. The maximum Gasteiger partial charge on any atom is 0.259 e. The second-order valence-corrected chi connectivity index (χ2v) is 7.72. The summed E-state index contributed by atoms with van der Waals surface area (Å²) >= 11 is 0. The molecule has 0 amide bonds. The lowest BCUT2D eigenvalue weighted by Crippen LogP contribution is -2.46. The fraction of sp³-hybridized carbons (Fsp3) is 0.769. The molecule has 1 saturated heterocycles. The standard InChI is InChI=1S/C13H21N3O3S/c1-13(2)10(6-8-19-13)15-20(17,18)12-9-16-7-4-3-5-11(16)14-12/h9-10,15H,3-8H2,1-2H3. The van der Waals surface area contributed by atoms with E-state index in [9.17, 15) is 8.42 Å². The van der Waals surface area contributed by atoms with Gasteiger partial charge in [-0.15, -0.1) is 0 Å². The minimum absolute atomic E-state index is 0.136. The zero-order valence-electron chi connectivity index (χ0n) is 11.9. The van der Waals surface area contributed by atoms with E-state index >= 15 is 0 Å². The number of sulfonamides is 1. The monoisotopic (exact) mass is 299 g/mol. The molecular weight excluding hydrogens is 278 g/mol.